The molecule has 2 aromatic rings. The van der Waals surface area contributed by atoms with Gasteiger partial charge in [-0.2, -0.15) is 0 Å². The summed E-state index contributed by atoms with van der Waals surface area (Å²) in [5.74, 6) is 2.82. The van der Waals surface area contributed by atoms with Gasteiger partial charge < -0.3 is 10.1 Å². The average Bonchev–Trinajstić information content (AvgIpc) is 3.57. The Morgan fingerprint density at radius 2 is 1.91 bits per heavy atom. The highest BCUT2D eigenvalue weighted by molar-refractivity contribution is 7.09. The maximum atomic E-state index is 13.5. The number of esters is 1. The Bertz CT molecular complexity index is 993. The minimum absolute atomic E-state index is 0.0191. The molecule has 0 aromatic carbocycles. The molecule has 4 aliphatic carbocycles. The molecule has 5 aliphatic rings. The Morgan fingerprint density at radius 1 is 1.15 bits per heavy atom. The third kappa shape index (κ3) is 3.89. The molecule has 33 heavy (non-hydrogen) atoms. The second kappa shape index (κ2) is 8.51. The molecule has 1 aliphatic heterocycles. The van der Waals surface area contributed by atoms with Crippen LogP contribution in [0.15, 0.2) is 23.7 Å². The van der Waals surface area contributed by atoms with Crippen molar-refractivity contribution in [3.8, 4) is 0 Å². The summed E-state index contributed by atoms with van der Waals surface area (Å²) in [6.45, 7) is 1.34. The number of carbonyl (C=O) groups excluding carboxylic acids is 2. The van der Waals surface area contributed by atoms with Gasteiger partial charge in [0.05, 0.1) is 31.9 Å². The van der Waals surface area contributed by atoms with Crippen molar-refractivity contribution in [2.24, 2.45) is 23.7 Å². The molecule has 3 heterocycles. The van der Waals surface area contributed by atoms with Crippen molar-refractivity contribution in [3.05, 3.63) is 34.3 Å². The molecule has 1 N–H and O–H groups in total. The SMILES string of the molecule is COC(=O)c1cn([C@@H]2C[C@@H](C(=O)NCc3cccs3)N(C3C4CC5CC(C4)CC3C5)C2)nn1. The Kier molecular flexibility index (Phi) is 5.49. The van der Waals surface area contributed by atoms with Gasteiger partial charge in [-0.25, -0.2) is 9.48 Å². The van der Waals surface area contributed by atoms with Crippen molar-refractivity contribution in [2.45, 2.75) is 63.2 Å². The van der Waals surface area contributed by atoms with E-state index < -0.39 is 5.97 Å². The molecule has 1 amide bonds. The molecule has 9 heteroatoms. The number of hydrogen-bond acceptors (Lipinski definition) is 7. The molecule has 8 nitrogen and oxygen atoms in total. The van der Waals surface area contributed by atoms with Gasteiger partial charge in [-0.1, -0.05) is 11.3 Å². The fraction of sp³-hybridized carbons (Fsp3) is 0.667. The van der Waals surface area contributed by atoms with Crippen molar-refractivity contribution in [1.29, 1.82) is 0 Å². The van der Waals surface area contributed by atoms with Crippen LogP contribution in [0.5, 0.6) is 0 Å². The van der Waals surface area contributed by atoms with Crippen LogP contribution in [0.3, 0.4) is 0 Å². The predicted octanol–water partition coefficient (Wildman–Crippen LogP) is 2.88. The maximum Gasteiger partial charge on any atom is 0.360 e. The van der Waals surface area contributed by atoms with Crippen molar-refractivity contribution in [2.75, 3.05) is 13.7 Å². The second-order valence-corrected chi connectivity index (χ2v) is 11.4. The summed E-state index contributed by atoms with van der Waals surface area (Å²) in [5, 5.41) is 13.5. The summed E-state index contributed by atoms with van der Waals surface area (Å²) in [5.41, 5.74) is 0.212. The number of nitrogens with one attached hydrogen (secondary N) is 1. The van der Waals surface area contributed by atoms with Crippen LogP contribution in [0.2, 0.25) is 0 Å². The number of carbonyl (C=O) groups is 2. The van der Waals surface area contributed by atoms with Gasteiger partial charge in [0.1, 0.15) is 0 Å². The van der Waals surface area contributed by atoms with Crippen LogP contribution in [0, 0.1) is 23.7 Å². The summed E-state index contributed by atoms with van der Waals surface area (Å²) in [6.07, 6.45) is 9.04. The van der Waals surface area contributed by atoms with Crippen LogP contribution in [-0.4, -0.2) is 57.5 Å². The second-order valence-electron chi connectivity index (χ2n) is 10.4. The summed E-state index contributed by atoms with van der Waals surface area (Å²) in [7, 11) is 1.35. The first-order valence-corrected chi connectivity index (χ1v) is 13.0. The van der Waals surface area contributed by atoms with Crippen molar-refractivity contribution >= 4 is 23.2 Å². The summed E-state index contributed by atoms with van der Waals surface area (Å²) >= 11 is 1.67. The molecule has 0 unspecified atom stereocenters. The summed E-state index contributed by atoms with van der Waals surface area (Å²) < 4.78 is 6.56. The molecule has 0 spiro atoms. The van der Waals surface area contributed by atoms with E-state index >= 15 is 0 Å². The van der Waals surface area contributed by atoms with E-state index in [9.17, 15) is 9.59 Å². The normalized spacial score (nSPS) is 35.1. The van der Waals surface area contributed by atoms with Gasteiger partial charge in [-0.3, -0.25) is 9.69 Å². The molecule has 2 aromatic heterocycles. The minimum atomic E-state index is -0.484. The van der Waals surface area contributed by atoms with Gasteiger partial charge in [0.2, 0.25) is 5.91 Å². The Balaban J connectivity index is 1.24. The van der Waals surface area contributed by atoms with E-state index in [0.717, 1.165) is 23.3 Å². The quantitative estimate of drug-likeness (QED) is 0.655. The first-order valence-electron chi connectivity index (χ1n) is 12.1. The average molecular weight is 470 g/mol. The maximum absolute atomic E-state index is 13.5. The Morgan fingerprint density at radius 3 is 2.58 bits per heavy atom. The smallest absolute Gasteiger partial charge is 0.360 e. The minimum Gasteiger partial charge on any atom is -0.464 e. The number of hydrogen-bond donors (Lipinski definition) is 1. The lowest BCUT2D eigenvalue weighted by Gasteiger charge is -2.57. The van der Waals surface area contributed by atoms with Crippen molar-refractivity contribution < 1.29 is 14.3 Å². The highest BCUT2D eigenvalue weighted by Crippen LogP contribution is 2.56. The molecule has 4 bridgehead atoms. The van der Waals surface area contributed by atoms with Crippen molar-refractivity contribution in [3.63, 3.8) is 0 Å². The van der Waals surface area contributed by atoms with Crippen LogP contribution < -0.4 is 5.32 Å². The zero-order valence-corrected chi connectivity index (χ0v) is 19.7. The van der Waals surface area contributed by atoms with Crippen LogP contribution in [-0.2, 0) is 16.1 Å². The number of aromatic nitrogens is 3. The van der Waals surface area contributed by atoms with E-state index in [1.165, 1.54) is 39.2 Å². The fourth-order valence-electron chi connectivity index (χ4n) is 7.41. The summed E-state index contributed by atoms with van der Waals surface area (Å²) in [4.78, 5) is 29.0. The number of ether oxygens (including phenoxy) is 1. The lowest BCUT2D eigenvalue weighted by Crippen LogP contribution is -2.59. The van der Waals surface area contributed by atoms with Crippen LogP contribution in [0.25, 0.3) is 0 Å². The first-order chi connectivity index (χ1) is 16.1. The van der Waals surface area contributed by atoms with Gasteiger partial charge >= 0.3 is 5.97 Å². The highest BCUT2D eigenvalue weighted by atomic mass is 32.1. The number of thiophene rings is 1. The highest BCUT2D eigenvalue weighted by Gasteiger charge is 2.54. The third-order valence-corrected chi connectivity index (χ3v) is 9.35. The van der Waals surface area contributed by atoms with E-state index in [2.05, 4.69) is 26.6 Å². The van der Waals surface area contributed by atoms with Crippen LogP contribution in [0.4, 0.5) is 0 Å². The molecule has 5 fully saturated rings. The van der Waals surface area contributed by atoms with Gasteiger partial charge in [0.15, 0.2) is 5.69 Å². The van der Waals surface area contributed by atoms with Crippen LogP contribution in [0.1, 0.15) is 59.9 Å². The molecule has 4 saturated carbocycles. The number of rotatable bonds is 6. The molecule has 2 atom stereocenters. The predicted molar refractivity (Wildman–Crippen MR) is 123 cm³/mol. The lowest BCUT2D eigenvalue weighted by atomic mass is 9.54. The van der Waals surface area contributed by atoms with Crippen molar-refractivity contribution in [1.82, 2.24) is 25.2 Å². The number of amides is 1. The molecular weight excluding hydrogens is 438 g/mol. The zero-order chi connectivity index (χ0) is 22.5. The number of nitrogens with zero attached hydrogens (tertiary/aromatic N) is 4. The first kappa shape index (κ1) is 21.3. The van der Waals surface area contributed by atoms with E-state index in [-0.39, 0.29) is 23.7 Å². The zero-order valence-electron chi connectivity index (χ0n) is 18.9. The summed E-state index contributed by atoms with van der Waals surface area (Å²) in [6, 6.07) is 4.39. The fourth-order valence-corrected chi connectivity index (χ4v) is 8.06. The van der Waals surface area contributed by atoms with Crippen LogP contribution >= 0.6 is 11.3 Å². The number of methoxy groups -OCH3 is 1. The molecule has 0 radical (unpaired) electrons. The van der Waals surface area contributed by atoms with Gasteiger partial charge in [-0.05, 0) is 73.6 Å². The molecular formula is C24H31N5O3S. The van der Waals surface area contributed by atoms with E-state index in [1.807, 2.05) is 11.4 Å². The van der Waals surface area contributed by atoms with Gasteiger partial charge in [0.25, 0.3) is 0 Å². The van der Waals surface area contributed by atoms with E-state index in [4.69, 9.17) is 4.74 Å². The Labute approximate surface area is 197 Å². The Hall–Kier alpha value is -2.26. The number of likely N-dealkylation sites (tertiary alicyclic amines) is 1. The van der Waals surface area contributed by atoms with Gasteiger partial charge in [0, 0.05) is 17.5 Å². The standard InChI is InChI=1S/C24H31N5O3S/c1-32-24(31)20-13-29(27-26-20)18-10-21(23(30)25-11-19-3-2-4-33-19)28(12-18)22-16-6-14-5-15(8-16)9-17(22)7-14/h2-4,13-18,21-22H,5-12H2,1H3,(H,25,30)/t14?,15?,16?,17?,18-,21+,22?/m1/s1. The van der Waals surface area contributed by atoms with E-state index in [1.54, 1.807) is 22.2 Å². The third-order valence-electron chi connectivity index (χ3n) is 8.48. The van der Waals surface area contributed by atoms with Gasteiger partial charge in [-0.15, -0.1) is 16.4 Å². The molecule has 7 rings (SSSR count). The van der Waals surface area contributed by atoms with E-state index in [0.29, 0.717) is 30.8 Å². The topological polar surface area (TPSA) is 89.4 Å². The monoisotopic (exact) mass is 469 g/mol. The largest absolute Gasteiger partial charge is 0.464 e. The lowest BCUT2D eigenvalue weighted by molar-refractivity contribution is -0.130. The molecule has 176 valence electrons. The molecule has 1 saturated heterocycles.